The van der Waals surface area contributed by atoms with Gasteiger partial charge in [-0.25, -0.2) is 13.1 Å². The van der Waals surface area contributed by atoms with Crippen molar-refractivity contribution in [3.8, 4) is 5.75 Å². The lowest BCUT2D eigenvalue weighted by molar-refractivity contribution is 0.402. The Labute approximate surface area is 115 Å². The van der Waals surface area contributed by atoms with Crippen molar-refractivity contribution < 1.29 is 17.4 Å². The van der Waals surface area contributed by atoms with Gasteiger partial charge in [0.25, 0.3) is 0 Å². The molecule has 1 rings (SSSR count). The third kappa shape index (κ3) is 4.48. The van der Waals surface area contributed by atoms with Crippen LogP contribution in [-0.4, -0.2) is 37.8 Å². The second kappa shape index (κ2) is 6.88. The van der Waals surface area contributed by atoms with Crippen LogP contribution in [0.15, 0.2) is 23.1 Å². The summed E-state index contributed by atoms with van der Waals surface area (Å²) in [7, 11) is -3.32. The Morgan fingerprint density at radius 3 is 2.68 bits per heavy atom. The summed E-state index contributed by atoms with van der Waals surface area (Å²) in [5.74, 6) is 0.976. The van der Waals surface area contributed by atoms with Crippen molar-refractivity contribution in [3.63, 3.8) is 0 Å². The van der Waals surface area contributed by atoms with Gasteiger partial charge in [-0.2, -0.15) is 0 Å². The molecule has 108 valence electrons. The Kier molecular flexibility index (Phi) is 5.77. The Morgan fingerprint density at radius 2 is 2.11 bits per heavy atom. The first kappa shape index (κ1) is 15.9. The molecule has 0 fully saturated rings. The molecule has 19 heavy (non-hydrogen) atoms. The topological polar surface area (TPSA) is 98.5 Å². The van der Waals surface area contributed by atoms with Gasteiger partial charge in [0.1, 0.15) is 10.6 Å². The van der Waals surface area contributed by atoms with Crippen molar-refractivity contribution in [3.05, 3.63) is 18.2 Å². The lowest BCUT2D eigenvalue weighted by Gasteiger charge is -2.11. The van der Waals surface area contributed by atoms with E-state index in [2.05, 4.69) is 4.72 Å². The second-order valence-electron chi connectivity index (χ2n) is 3.74. The summed E-state index contributed by atoms with van der Waals surface area (Å²) in [5.41, 5.74) is 5.99. The van der Waals surface area contributed by atoms with Gasteiger partial charge >= 0.3 is 0 Å². The quantitative estimate of drug-likeness (QED) is 0.707. The van der Waals surface area contributed by atoms with Crippen LogP contribution in [0.1, 0.15) is 6.92 Å². The van der Waals surface area contributed by atoms with E-state index in [0.717, 1.165) is 0 Å². The number of nitrogens with two attached hydrogens (primary N) is 1. The molecule has 0 heterocycles. The van der Waals surface area contributed by atoms with Gasteiger partial charge in [0.05, 0.1) is 7.11 Å². The highest BCUT2D eigenvalue weighted by atomic mass is 32.2. The van der Waals surface area contributed by atoms with Crippen LogP contribution >= 0.6 is 0 Å². The van der Waals surface area contributed by atoms with Crippen molar-refractivity contribution >= 4 is 26.5 Å². The Hall–Kier alpha value is -1.12. The van der Waals surface area contributed by atoms with E-state index in [0.29, 0.717) is 11.4 Å². The molecule has 0 aliphatic rings. The number of anilines is 1. The third-order valence-electron chi connectivity index (χ3n) is 2.42. The fourth-order valence-corrected chi connectivity index (χ4v) is 3.35. The van der Waals surface area contributed by atoms with Crippen LogP contribution < -0.4 is 15.2 Å². The summed E-state index contributed by atoms with van der Waals surface area (Å²) >= 11 is 0. The molecule has 3 N–H and O–H groups in total. The molecule has 0 aliphatic carbocycles. The molecule has 1 atom stereocenters. The van der Waals surface area contributed by atoms with E-state index in [-0.39, 0.29) is 22.9 Å². The number of ether oxygens (including phenoxy) is 1. The molecule has 1 unspecified atom stereocenters. The van der Waals surface area contributed by atoms with Gasteiger partial charge in [-0.1, -0.05) is 6.92 Å². The minimum Gasteiger partial charge on any atom is -0.495 e. The Morgan fingerprint density at radius 1 is 1.42 bits per heavy atom. The van der Waals surface area contributed by atoms with E-state index >= 15 is 0 Å². The normalized spacial score (nSPS) is 13.2. The molecular formula is C11H18N2O4S2. The predicted octanol–water partition coefficient (Wildman–Crippen LogP) is 0.324. The molecule has 1 aromatic carbocycles. The van der Waals surface area contributed by atoms with Crippen LogP contribution in [0, 0.1) is 0 Å². The van der Waals surface area contributed by atoms with Gasteiger partial charge < -0.3 is 10.5 Å². The maximum Gasteiger partial charge on any atom is 0.244 e. The highest BCUT2D eigenvalue weighted by Crippen LogP contribution is 2.25. The fraction of sp³-hybridized carbons (Fsp3) is 0.455. The zero-order valence-corrected chi connectivity index (χ0v) is 12.5. The van der Waals surface area contributed by atoms with E-state index in [1.54, 1.807) is 6.92 Å². The molecule has 0 saturated carbocycles. The first-order chi connectivity index (χ1) is 8.90. The molecule has 0 radical (unpaired) electrons. The van der Waals surface area contributed by atoms with Gasteiger partial charge in [0.2, 0.25) is 10.0 Å². The van der Waals surface area contributed by atoms with E-state index in [9.17, 15) is 12.6 Å². The van der Waals surface area contributed by atoms with E-state index in [1.807, 2.05) is 0 Å². The number of methoxy groups -OCH3 is 1. The van der Waals surface area contributed by atoms with Crippen LogP contribution in [-0.2, 0) is 20.8 Å². The van der Waals surface area contributed by atoms with Crippen LogP contribution in [0.5, 0.6) is 5.75 Å². The van der Waals surface area contributed by atoms with E-state index < -0.39 is 20.8 Å². The molecule has 0 spiro atoms. The third-order valence-corrected chi connectivity index (χ3v) is 5.22. The molecule has 0 saturated heterocycles. The summed E-state index contributed by atoms with van der Waals surface area (Å²) in [6, 6.07) is 4.31. The number of hydrogen-bond acceptors (Lipinski definition) is 5. The minimum absolute atomic E-state index is 0.0199. The molecule has 8 heteroatoms. The number of benzene rings is 1. The lowest BCUT2D eigenvalue weighted by atomic mass is 10.3. The minimum atomic E-state index is -3.69. The molecule has 0 bridgehead atoms. The van der Waals surface area contributed by atoms with Crippen molar-refractivity contribution in [2.24, 2.45) is 0 Å². The molecule has 6 nitrogen and oxygen atoms in total. The Bertz CT molecular complexity index is 558. The maximum atomic E-state index is 12.1. The summed E-state index contributed by atoms with van der Waals surface area (Å²) in [4.78, 5) is 0.0199. The van der Waals surface area contributed by atoms with Crippen molar-refractivity contribution in [2.75, 3.05) is 30.9 Å². The van der Waals surface area contributed by atoms with E-state index in [4.69, 9.17) is 10.5 Å². The first-order valence-electron chi connectivity index (χ1n) is 5.69. The van der Waals surface area contributed by atoms with Gasteiger partial charge in [0, 0.05) is 40.6 Å². The Balaban J connectivity index is 2.85. The zero-order valence-electron chi connectivity index (χ0n) is 10.9. The number of nitrogen functional groups attached to an aromatic ring is 1. The molecule has 0 amide bonds. The maximum absolute atomic E-state index is 12.1. The molecule has 1 aromatic rings. The van der Waals surface area contributed by atoms with Gasteiger partial charge in [-0.15, -0.1) is 0 Å². The highest BCUT2D eigenvalue weighted by molar-refractivity contribution is 7.89. The zero-order chi connectivity index (χ0) is 14.5. The molecule has 0 aliphatic heterocycles. The number of nitrogens with one attached hydrogen (secondary N) is 1. The average Bonchev–Trinajstić information content (AvgIpc) is 2.37. The van der Waals surface area contributed by atoms with Crippen LogP contribution in [0.25, 0.3) is 0 Å². The monoisotopic (exact) mass is 306 g/mol. The standard InChI is InChI=1S/C11H18N2O4S2/c1-3-18(14)7-6-13-19(15,16)11-5-4-9(12)8-10(11)17-2/h4-5,8,13H,3,6-7,12H2,1-2H3. The van der Waals surface area contributed by atoms with Crippen LogP contribution in [0.2, 0.25) is 0 Å². The lowest BCUT2D eigenvalue weighted by Crippen LogP contribution is -2.28. The smallest absolute Gasteiger partial charge is 0.244 e. The predicted molar refractivity (Wildman–Crippen MR) is 76.1 cm³/mol. The fourth-order valence-electron chi connectivity index (χ4n) is 1.42. The number of rotatable bonds is 7. The first-order valence-corrected chi connectivity index (χ1v) is 8.66. The van der Waals surface area contributed by atoms with Gasteiger partial charge in [-0.3, -0.25) is 4.21 Å². The summed E-state index contributed by atoms with van der Waals surface area (Å²) in [6.45, 7) is 1.91. The van der Waals surface area contributed by atoms with Crippen LogP contribution in [0.4, 0.5) is 5.69 Å². The average molecular weight is 306 g/mol. The van der Waals surface area contributed by atoms with Gasteiger partial charge in [-0.05, 0) is 12.1 Å². The van der Waals surface area contributed by atoms with Gasteiger partial charge in [0.15, 0.2) is 0 Å². The largest absolute Gasteiger partial charge is 0.495 e. The van der Waals surface area contributed by atoms with Crippen molar-refractivity contribution in [1.29, 1.82) is 0 Å². The van der Waals surface area contributed by atoms with Crippen molar-refractivity contribution in [1.82, 2.24) is 4.72 Å². The SMILES string of the molecule is CCS(=O)CCNS(=O)(=O)c1ccc(N)cc1OC. The summed E-state index contributed by atoms with van der Waals surface area (Å²) in [6.07, 6.45) is 0. The number of hydrogen-bond donors (Lipinski definition) is 2. The number of sulfonamides is 1. The molecule has 0 aromatic heterocycles. The van der Waals surface area contributed by atoms with Crippen LogP contribution in [0.3, 0.4) is 0 Å². The molecular weight excluding hydrogens is 288 g/mol. The summed E-state index contributed by atoms with van der Waals surface area (Å²) in [5, 5.41) is 0. The summed E-state index contributed by atoms with van der Waals surface area (Å²) < 4.78 is 42.8. The highest BCUT2D eigenvalue weighted by Gasteiger charge is 2.19. The van der Waals surface area contributed by atoms with E-state index in [1.165, 1.54) is 25.3 Å². The second-order valence-corrected chi connectivity index (χ2v) is 7.34. The van der Waals surface area contributed by atoms with Crippen molar-refractivity contribution in [2.45, 2.75) is 11.8 Å².